The van der Waals surface area contributed by atoms with Crippen LogP contribution < -0.4 is 23.7 Å². The van der Waals surface area contributed by atoms with E-state index in [2.05, 4.69) is 4.72 Å². The fourth-order valence-electron chi connectivity index (χ4n) is 3.63. The molecular formula is C26H36N2O9S. The molecule has 2 N–H and O–H groups in total. The van der Waals surface area contributed by atoms with E-state index >= 15 is 0 Å². The number of amides is 1. The van der Waals surface area contributed by atoms with Gasteiger partial charge in [-0.05, 0) is 49.4 Å². The van der Waals surface area contributed by atoms with E-state index in [1.807, 2.05) is 41.1 Å². The van der Waals surface area contributed by atoms with Crippen molar-refractivity contribution >= 4 is 16.3 Å². The minimum atomic E-state index is -4.07. The van der Waals surface area contributed by atoms with Gasteiger partial charge in [-0.1, -0.05) is 24.3 Å². The SMILES string of the molecule is COCCOc1ccc(CCCOC(=O)NS(=O)(=O)NCCOc2ccccc2)c(OCC2CCCO2)c1. The Hall–Kier alpha value is -3.06. The topological polar surface area (TPSA) is 131 Å². The van der Waals surface area contributed by atoms with E-state index in [9.17, 15) is 13.2 Å². The molecule has 0 aliphatic carbocycles. The van der Waals surface area contributed by atoms with Gasteiger partial charge in [0, 0.05) is 26.3 Å². The second-order valence-corrected chi connectivity index (χ2v) is 9.96. The summed E-state index contributed by atoms with van der Waals surface area (Å²) in [6.45, 7) is 2.18. The fraction of sp³-hybridized carbons (Fsp3) is 0.500. The summed E-state index contributed by atoms with van der Waals surface area (Å²) in [6, 6.07) is 14.6. The highest BCUT2D eigenvalue weighted by molar-refractivity contribution is 7.88. The molecule has 1 amide bonds. The molecule has 1 aliphatic rings. The summed E-state index contributed by atoms with van der Waals surface area (Å²) in [5.74, 6) is 1.95. The lowest BCUT2D eigenvalue weighted by Gasteiger charge is -2.16. The molecule has 0 spiro atoms. The van der Waals surface area contributed by atoms with E-state index in [0.717, 1.165) is 25.0 Å². The van der Waals surface area contributed by atoms with Gasteiger partial charge in [-0.3, -0.25) is 0 Å². The number of aryl methyl sites for hydroxylation is 1. The third-order valence-corrected chi connectivity index (χ3v) is 6.51. The van der Waals surface area contributed by atoms with Crippen molar-refractivity contribution in [1.82, 2.24) is 9.44 Å². The summed E-state index contributed by atoms with van der Waals surface area (Å²) >= 11 is 0. The zero-order chi connectivity index (χ0) is 27.1. The van der Waals surface area contributed by atoms with Crippen LogP contribution in [0.3, 0.4) is 0 Å². The molecule has 0 radical (unpaired) electrons. The van der Waals surface area contributed by atoms with Crippen LogP contribution in [0.5, 0.6) is 17.2 Å². The maximum atomic E-state index is 12.0. The first kappa shape index (κ1) is 29.5. The van der Waals surface area contributed by atoms with Gasteiger partial charge in [0.2, 0.25) is 0 Å². The van der Waals surface area contributed by atoms with Crippen LogP contribution in [0, 0.1) is 0 Å². The number of carbonyl (C=O) groups excluding carboxylic acids is 1. The van der Waals surface area contributed by atoms with Crippen LogP contribution in [0.4, 0.5) is 4.79 Å². The number of hydrogen-bond donors (Lipinski definition) is 2. The summed E-state index contributed by atoms with van der Waals surface area (Å²) in [6.07, 6.45) is 2.00. The van der Waals surface area contributed by atoms with Gasteiger partial charge in [0.15, 0.2) is 0 Å². The lowest BCUT2D eigenvalue weighted by Crippen LogP contribution is -2.42. The molecule has 0 aromatic heterocycles. The quantitative estimate of drug-likeness (QED) is 0.285. The number of ether oxygens (including phenoxy) is 6. The van der Waals surface area contributed by atoms with Crippen LogP contribution in [0.2, 0.25) is 0 Å². The molecule has 12 heteroatoms. The first-order valence-electron chi connectivity index (χ1n) is 12.6. The third-order valence-electron chi connectivity index (χ3n) is 5.49. The monoisotopic (exact) mass is 552 g/mol. The van der Waals surface area contributed by atoms with E-state index in [0.29, 0.717) is 49.9 Å². The molecule has 1 atom stereocenters. The molecule has 1 fully saturated rings. The largest absolute Gasteiger partial charge is 0.492 e. The van der Waals surface area contributed by atoms with Crippen molar-refractivity contribution in [3.05, 3.63) is 54.1 Å². The van der Waals surface area contributed by atoms with E-state index < -0.39 is 16.3 Å². The predicted octanol–water partition coefficient (Wildman–Crippen LogP) is 2.84. The fourth-order valence-corrected chi connectivity index (χ4v) is 4.33. The predicted molar refractivity (Wildman–Crippen MR) is 140 cm³/mol. The van der Waals surface area contributed by atoms with Crippen LogP contribution in [-0.4, -0.2) is 73.9 Å². The molecule has 11 nitrogen and oxygen atoms in total. The number of carbonyl (C=O) groups is 1. The molecule has 1 unspecified atom stereocenters. The Morgan fingerprint density at radius 2 is 1.82 bits per heavy atom. The average molecular weight is 553 g/mol. The molecule has 1 saturated heterocycles. The summed E-state index contributed by atoms with van der Waals surface area (Å²) in [4.78, 5) is 12.0. The third kappa shape index (κ3) is 11.1. The maximum Gasteiger partial charge on any atom is 0.421 e. The lowest BCUT2D eigenvalue weighted by molar-refractivity contribution is 0.0674. The van der Waals surface area contributed by atoms with E-state index in [1.54, 1.807) is 19.2 Å². The van der Waals surface area contributed by atoms with Gasteiger partial charge in [0.05, 0.1) is 19.3 Å². The highest BCUT2D eigenvalue weighted by atomic mass is 32.2. The highest BCUT2D eigenvalue weighted by Crippen LogP contribution is 2.27. The second-order valence-electron chi connectivity index (χ2n) is 8.46. The van der Waals surface area contributed by atoms with E-state index in [-0.39, 0.29) is 25.9 Å². The van der Waals surface area contributed by atoms with Gasteiger partial charge in [0.25, 0.3) is 0 Å². The standard InChI is InChI=1S/C26H36N2O9S/c1-32-17-18-35-23-12-11-21(25(19-23)37-20-24-10-6-14-33-24)7-5-15-36-26(29)28-38(30,31)27-13-16-34-22-8-3-2-4-9-22/h2-4,8-9,11-12,19,24,27H,5-7,10,13-18,20H2,1H3,(H,28,29). The van der Waals surface area contributed by atoms with Crippen molar-refractivity contribution in [2.45, 2.75) is 31.8 Å². The van der Waals surface area contributed by atoms with Crippen molar-refractivity contribution in [3.8, 4) is 17.2 Å². The van der Waals surface area contributed by atoms with Gasteiger partial charge >= 0.3 is 16.3 Å². The minimum Gasteiger partial charge on any atom is -0.492 e. The Morgan fingerprint density at radius 1 is 1.00 bits per heavy atom. The van der Waals surface area contributed by atoms with Crippen molar-refractivity contribution in [1.29, 1.82) is 0 Å². The Balaban J connectivity index is 1.40. The zero-order valence-corrected chi connectivity index (χ0v) is 22.4. The zero-order valence-electron chi connectivity index (χ0n) is 21.6. The first-order chi connectivity index (χ1) is 18.4. The average Bonchev–Trinajstić information content (AvgIpc) is 3.43. The summed E-state index contributed by atoms with van der Waals surface area (Å²) in [7, 11) is -2.46. The van der Waals surface area contributed by atoms with Crippen molar-refractivity contribution in [2.24, 2.45) is 0 Å². The highest BCUT2D eigenvalue weighted by Gasteiger charge is 2.18. The normalized spacial score (nSPS) is 15.1. The molecule has 1 heterocycles. The Morgan fingerprint density at radius 3 is 2.58 bits per heavy atom. The van der Waals surface area contributed by atoms with Crippen LogP contribution in [0.1, 0.15) is 24.8 Å². The van der Waals surface area contributed by atoms with Gasteiger partial charge in [0.1, 0.15) is 37.1 Å². The van der Waals surface area contributed by atoms with Crippen LogP contribution in [-0.2, 0) is 30.8 Å². The molecule has 1 aliphatic heterocycles. The van der Waals surface area contributed by atoms with Crippen molar-refractivity contribution < 1.29 is 41.6 Å². The molecule has 0 saturated carbocycles. The molecule has 0 bridgehead atoms. The molecule has 2 aromatic rings. The molecule has 3 rings (SSSR count). The lowest BCUT2D eigenvalue weighted by atomic mass is 10.1. The van der Waals surface area contributed by atoms with E-state index in [4.69, 9.17) is 28.4 Å². The number of benzene rings is 2. The second kappa shape index (κ2) is 16.0. The number of hydrogen-bond acceptors (Lipinski definition) is 9. The number of para-hydroxylation sites is 1. The van der Waals surface area contributed by atoms with Crippen LogP contribution in [0.15, 0.2) is 48.5 Å². The Labute approximate surface area is 223 Å². The van der Waals surface area contributed by atoms with Crippen LogP contribution >= 0.6 is 0 Å². The maximum absolute atomic E-state index is 12.0. The summed E-state index contributed by atoms with van der Waals surface area (Å²) < 4.78 is 61.0. The minimum absolute atomic E-state index is 0.0165. The molecule has 38 heavy (non-hydrogen) atoms. The van der Waals surface area contributed by atoms with Crippen molar-refractivity contribution in [3.63, 3.8) is 0 Å². The van der Waals surface area contributed by atoms with Crippen molar-refractivity contribution in [2.75, 3.05) is 53.3 Å². The molecule has 2 aromatic carbocycles. The number of nitrogens with one attached hydrogen (secondary N) is 2. The first-order valence-corrected chi connectivity index (χ1v) is 14.0. The van der Waals surface area contributed by atoms with Crippen LogP contribution in [0.25, 0.3) is 0 Å². The summed E-state index contributed by atoms with van der Waals surface area (Å²) in [5.41, 5.74) is 0.916. The van der Waals surface area contributed by atoms with Gasteiger partial charge in [-0.25, -0.2) is 9.52 Å². The Bertz CT molecular complexity index is 1080. The Kier molecular flexibility index (Phi) is 12.4. The molecule has 210 valence electrons. The van der Waals surface area contributed by atoms with Gasteiger partial charge in [-0.2, -0.15) is 13.1 Å². The van der Waals surface area contributed by atoms with Gasteiger partial charge in [-0.15, -0.1) is 0 Å². The van der Waals surface area contributed by atoms with E-state index in [1.165, 1.54) is 0 Å². The number of methoxy groups -OCH3 is 1. The molecular weight excluding hydrogens is 516 g/mol. The number of rotatable bonds is 17. The smallest absolute Gasteiger partial charge is 0.421 e. The van der Waals surface area contributed by atoms with Gasteiger partial charge < -0.3 is 28.4 Å². The summed E-state index contributed by atoms with van der Waals surface area (Å²) in [5, 5.41) is 0.